The highest BCUT2D eigenvalue weighted by molar-refractivity contribution is 5.88. The summed E-state index contributed by atoms with van der Waals surface area (Å²) in [6.07, 6.45) is 9.24. The third-order valence-corrected chi connectivity index (χ3v) is 3.87. The first-order valence-electron chi connectivity index (χ1n) is 5.93. The number of carbonyl (C=O) groups is 1. The first-order chi connectivity index (χ1) is 7.60. The lowest BCUT2D eigenvalue weighted by Gasteiger charge is -2.13. The summed E-state index contributed by atoms with van der Waals surface area (Å²) in [5, 5.41) is 0. The second-order valence-electron chi connectivity index (χ2n) is 4.91. The van der Waals surface area contributed by atoms with Crippen LogP contribution in [0, 0.1) is 5.41 Å². The third-order valence-electron chi connectivity index (χ3n) is 3.87. The Morgan fingerprint density at radius 3 is 2.50 bits per heavy atom. The molecule has 0 saturated heterocycles. The Morgan fingerprint density at radius 2 is 2.12 bits per heavy atom. The van der Waals surface area contributed by atoms with Gasteiger partial charge in [0.15, 0.2) is 0 Å². The summed E-state index contributed by atoms with van der Waals surface area (Å²) in [6.45, 7) is 5.99. The van der Waals surface area contributed by atoms with E-state index in [0.29, 0.717) is 0 Å². The molecule has 0 spiro atoms. The molecule has 0 aromatic carbocycles. The molecule has 2 aliphatic carbocycles. The quantitative estimate of drug-likeness (QED) is 0.723. The van der Waals surface area contributed by atoms with Crippen molar-refractivity contribution in [1.82, 2.24) is 0 Å². The van der Waals surface area contributed by atoms with Crippen molar-refractivity contribution in [2.45, 2.75) is 39.0 Å². The summed E-state index contributed by atoms with van der Waals surface area (Å²) in [4.78, 5) is 11.5. The Morgan fingerprint density at radius 1 is 1.44 bits per heavy atom. The Hall–Kier alpha value is -1.31. The summed E-state index contributed by atoms with van der Waals surface area (Å²) in [7, 11) is 0. The van der Waals surface area contributed by atoms with Gasteiger partial charge in [0.2, 0.25) is 5.91 Å². The summed E-state index contributed by atoms with van der Waals surface area (Å²) in [6, 6.07) is 0. The third kappa shape index (κ3) is 1.73. The maximum atomic E-state index is 11.5. The number of primary amides is 1. The number of hydrogen-bond donors (Lipinski definition) is 1. The van der Waals surface area contributed by atoms with E-state index in [0.717, 1.165) is 24.8 Å². The van der Waals surface area contributed by atoms with E-state index >= 15 is 0 Å². The van der Waals surface area contributed by atoms with Crippen LogP contribution in [0.5, 0.6) is 0 Å². The van der Waals surface area contributed by atoms with Gasteiger partial charge in [-0.1, -0.05) is 24.3 Å². The molecule has 1 saturated carbocycles. The highest BCUT2D eigenvalue weighted by Crippen LogP contribution is 2.52. The molecule has 0 radical (unpaired) electrons. The van der Waals surface area contributed by atoms with Crippen molar-refractivity contribution >= 4 is 5.91 Å². The standard InChI is InChI=1S/C14H19NO/c1-3-12(14(7-8-14)13(15)16)9-11-6-4-5-10(11)2/h3,9H,1,4-8H2,2H3,(H2,15,16). The average molecular weight is 217 g/mol. The van der Waals surface area contributed by atoms with Gasteiger partial charge in [-0.3, -0.25) is 4.79 Å². The van der Waals surface area contributed by atoms with Gasteiger partial charge in [-0.25, -0.2) is 0 Å². The average Bonchev–Trinajstić information content (AvgIpc) is 2.96. The molecular weight excluding hydrogens is 198 g/mol. The molecule has 2 aliphatic rings. The minimum absolute atomic E-state index is 0.199. The van der Waals surface area contributed by atoms with Gasteiger partial charge < -0.3 is 5.73 Å². The number of hydrogen-bond acceptors (Lipinski definition) is 1. The molecule has 1 amide bonds. The van der Waals surface area contributed by atoms with Gasteiger partial charge in [-0.2, -0.15) is 0 Å². The predicted molar refractivity (Wildman–Crippen MR) is 65.7 cm³/mol. The van der Waals surface area contributed by atoms with E-state index in [-0.39, 0.29) is 5.91 Å². The monoisotopic (exact) mass is 217 g/mol. The Labute approximate surface area is 96.9 Å². The minimum atomic E-state index is -0.391. The Kier molecular flexibility index (Phi) is 2.75. The van der Waals surface area contributed by atoms with Crippen LogP contribution in [0.4, 0.5) is 0 Å². The first-order valence-corrected chi connectivity index (χ1v) is 5.93. The number of carbonyl (C=O) groups excluding carboxylic acids is 1. The second-order valence-corrected chi connectivity index (χ2v) is 4.91. The zero-order chi connectivity index (χ0) is 11.8. The fourth-order valence-corrected chi connectivity index (χ4v) is 2.50. The molecule has 86 valence electrons. The van der Waals surface area contributed by atoms with E-state index in [4.69, 9.17) is 5.73 Å². The van der Waals surface area contributed by atoms with E-state index in [1.165, 1.54) is 24.0 Å². The molecular formula is C14H19NO. The van der Waals surface area contributed by atoms with Crippen molar-refractivity contribution < 1.29 is 4.79 Å². The topological polar surface area (TPSA) is 43.1 Å². The summed E-state index contributed by atoms with van der Waals surface area (Å²) in [5.74, 6) is -0.199. The van der Waals surface area contributed by atoms with Crippen molar-refractivity contribution in [1.29, 1.82) is 0 Å². The molecule has 0 aromatic heterocycles. The van der Waals surface area contributed by atoms with Crippen molar-refractivity contribution in [2.24, 2.45) is 11.1 Å². The van der Waals surface area contributed by atoms with Gasteiger partial charge >= 0.3 is 0 Å². The van der Waals surface area contributed by atoms with Crippen LogP contribution >= 0.6 is 0 Å². The minimum Gasteiger partial charge on any atom is -0.369 e. The highest BCUT2D eigenvalue weighted by Gasteiger charge is 2.50. The van der Waals surface area contributed by atoms with Crippen LogP contribution < -0.4 is 5.73 Å². The van der Waals surface area contributed by atoms with Crippen molar-refractivity contribution in [3.05, 3.63) is 35.5 Å². The SMILES string of the molecule is C=CC(=CC1=C(C)CCC1)C1(C(N)=O)CC1. The van der Waals surface area contributed by atoms with Gasteiger partial charge in [0.25, 0.3) is 0 Å². The number of rotatable bonds is 4. The molecule has 1 fully saturated rings. The molecule has 0 aromatic rings. The van der Waals surface area contributed by atoms with E-state index in [1.807, 2.05) is 0 Å². The first kappa shape index (κ1) is 11.2. The van der Waals surface area contributed by atoms with Crippen LogP contribution in [-0.4, -0.2) is 5.91 Å². The molecule has 0 heterocycles. The molecule has 2 N–H and O–H groups in total. The van der Waals surface area contributed by atoms with Crippen molar-refractivity contribution in [3.63, 3.8) is 0 Å². The van der Waals surface area contributed by atoms with Crippen LogP contribution in [0.2, 0.25) is 0 Å². The van der Waals surface area contributed by atoms with Gasteiger partial charge in [0, 0.05) is 0 Å². The smallest absolute Gasteiger partial charge is 0.228 e. The van der Waals surface area contributed by atoms with Gasteiger partial charge in [0.05, 0.1) is 5.41 Å². The fourth-order valence-electron chi connectivity index (χ4n) is 2.50. The maximum absolute atomic E-state index is 11.5. The maximum Gasteiger partial charge on any atom is 0.228 e. The largest absolute Gasteiger partial charge is 0.369 e. The Bertz CT molecular complexity index is 397. The normalized spacial score (nSPS) is 23.4. The van der Waals surface area contributed by atoms with E-state index in [9.17, 15) is 4.79 Å². The van der Waals surface area contributed by atoms with E-state index < -0.39 is 5.41 Å². The molecule has 2 rings (SSSR count). The zero-order valence-corrected chi connectivity index (χ0v) is 9.88. The van der Waals surface area contributed by atoms with E-state index in [2.05, 4.69) is 19.6 Å². The van der Waals surface area contributed by atoms with Crippen LogP contribution in [-0.2, 0) is 4.79 Å². The molecule has 2 heteroatoms. The van der Waals surface area contributed by atoms with Crippen LogP contribution in [0.1, 0.15) is 39.0 Å². The van der Waals surface area contributed by atoms with Crippen LogP contribution in [0.25, 0.3) is 0 Å². The number of allylic oxidation sites excluding steroid dienone is 4. The number of amides is 1. The molecule has 16 heavy (non-hydrogen) atoms. The molecule has 0 aliphatic heterocycles. The molecule has 2 nitrogen and oxygen atoms in total. The summed E-state index contributed by atoms with van der Waals surface area (Å²) < 4.78 is 0. The van der Waals surface area contributed by atoms with Crippen molar-refractivity contribution in [3.8, 4) is 0 Å². The molecule has 0 bridgehead atoms. The summed E-state index contributed by atoms with van der Waals surface area (Å²) >= 11 is 0. The Balaban J connectivity index is 2.30. The van der Waals surface area contributed by atoms with Gasteiger partial charge in [-0.05, 0) is 50.2 Å². The fraction of sp³-hybridized carbons (Fsp3) is 0.500. The van der Waals surface area contributed by atoms with Crippen molar-refractivity contribution in [2.75, 3.05) is 0 Å². The van der Waals surface area contributed by atoms with Gasteiger partial charge in [0.1, 0.15) is 0 Å². The van der Waals surface area contributed by atoms with Crippen LogP contribution in [0.15, 0.2) is 35.5 Å². The lowest BCUT2D eigenvalue weighted by Crippen LogP contribution is -2.26. The lowest BCUT2D eigenvalue weighted by molar-refractivity contribution is -0.121. The lowest BCUT2D eigenvalue weighted by atomic mass is 9.92. The van der Waals surface area contributed by atoms with E-state index in [1.54, 1.807) is 6.08 Å². The predicted octanol–water partition coefficient (Wildman–Crippen LogP) is 2.86. The van der Waals surface area contributed by atoms with Crippen LogP contribution in [0.3, 0.4) is 0 Å². The highest BCUT2D eigenvalue weighted by atomic mass is 16.1. The summed E-state index contributed by atoms with van der Waals surface area (Å²) in [5.41, 5.74) is 8.93. The molecule has 0 atom stereocenters. The number of nitrogens with two attached hydrogens (primary N) is 1. The zero-order valence-electron chi connectivity index (χ0n) is 9.88. The molecule has 0 unspecified atom stereocenters. The second kappa shape index (κ2) is 3.93. The van der Waals surface area contributed by atoms with Gasteiger partial charge in [-0.15, -0.1) is 0 Å².